The van der Waals surface area contributed by atoms with Crippen molar-refractivity contribution in [3.05, 3.63) is 176 Å². The van der Waals surface area contributed by atoms with Crippen molar-refractivity contribution in [3.63, 3.8) is 0 Å². The summed E-state index contributed by atoms with van der Waals surface area (Å²) in [5.74, 6) is 2.01. The van der Waals surface area contributed by atoms with Gasteiger partial charge in [-0.1, -0.05) is 171 Å². The number of rotatable bonds is 5. The Labute approximate surface area is 310 Å². The number of fused-ring (bicyclic) bond motifs is 5. The first-order chi connectivity index (χ1) is 26.0. The molecule has 53 heavy (non-hydrogen) atoms. The Balaban J connectivity index is 1.19. The number of hydrogen-bond acceptors (Lipinski definition) is 3. The first-order valence-electron chi connectivity index (χ1n) is 18.2. The van der Waals surface area contributed by atoms with Crippen molar-refractivity contribution in [2.24, 2.45) is 0 Å². The van der Waals surface area contributed by atoms with Crippen molar-refractivity contribution in [1.29, 1.82) is 0 Å². The Kier molecular flexibility index (Phi) is 7.27. The quantitative estimate of drug-likeness (QED) is 0.168. The fraction of sp³-hybridized carbons (Fsp3) is 0.0408. The van der Waals surface area contributed by atoms with E-state index in [2.05, 4.69) is 189 Å². The van der Waals surface area contributed by atoms with Gasteiger partial charge >= 0.3 is 0 Å². The van der Waals surface area contributed by atoms with Crippen molar-refractivity contribution in [3.8, 4) is 67.5 Å². The van der Waals surface area contributed by atoms with Crippen LogP contribution in [0.5, 0.6) is 0 Å². The maximum atomic E-state index is 5.35. The van der Waals surface area contributed by atoms with E-state index >= 15 is 0 Å². The van der Waals surface area contributed by atoms with Crippen LogP contribution in [0.15, 0.2) is 176 Å². The van der Waals surface area contributed by atoms with Gasteiger partial charge in [0.25, 0.3) is 0 Å². The predicted molar refractivity (Wildman–Crippen MR) is 224 cm³/mol. The molecule has 1 aliphatic rings. The average Bonchev–Trinajstić information content (AvgIpc) is 3.45. The van der Waals surface area contributed by atoms with Gasteiger partial charge in [0.15, 0.2) is 17.5 Å². The Morgan fingerprint density at radius 1 is 0.321 bits per heavy atom. The summed E-state index contributed by atoms with van der Waals surface area (Å²) in [6.45, 7) is 4.93. The van der Waals surface area contributed by atoms with E-state index in [9.17, 15) is 0 Å². The molecule has 1 aromatic heterocycles. The van der Waals surface area contributed by atoms with Gasteiger partial charge in [-0.25, -0.2) is 15.0 Å². The highest BCUT2D eigenvalue weighted by atomic mass is 28.3. The van der Waals surface area contributed by atoms with Gasteiger partial charge in [-0.05, 0) is 83.5 Å². The van der Waals surface area contributed by atoms with Gasteiger partial charge in [0, 0.05) is 16.7 Å². The second-order valence-corrected chi connectivity index (χ2v) is 18.8. The lowest BCUT2D eigenvalue weighted by molar-refractivity contribution is 1.08. The summed E-state index contributed by atoms with van der Waals surface area (Å²) in [5, 5.41) is 7.75. The van der Waals surface area contributed by atoms with Crippen LogP contribution in [0.1, 0.15) is 0 Å². The minimum atomic E-state index is -2.00. The van der Waals surface area contributed by atoms with E-state index in [1.807, 2.05) is 0 Å². The topological polar surface area (TPSA) is 38.7 Å². The molecule has 10 rings (SSSR count). The van der Waals surface area contributed by atoms with Crippen molar-refractivity contribution >= 4 is 40.0 Å². The number of benzene rings is 8. The molecule has 0 spiro atoms. The molecule has 4 heteroatoms. The van der Waals surface area contributed by atoms with Crippen LogP contribution in [0.25, 0.3) is 89.1 Å². The fourth-order valence-electron chi connectivity index (χ4n) is 8.15. The van der Waals surface area contributed by atoms with Crippen molar-refractivity contribution in [2.75, 3.05) is 0 Å². The van der Waals surface area contributed by atoms with E-state index in [0.29, 0.717) is 17.5 Å². The van der Waals surface area contributed by atoms with Crippen LogP contribution in [0.2, 0.25) is 13.1 Å². The monoisotopic (exact) mass is 693 g/mol. The smallest absolute Gasteiger partial charge is 0.164 e. The third-order valence-corrected chi connectivity index (χ3v) is 14.4. The second-order valence-electron chi connectivity index (χ2n) is 14.5. The van der Waals surface area contributed by atoms with Crippen LogP contribution in [0.3, 0.4) is 0 Å². The van der Waals surface area contributed by atoms with Crippen LogP contribution in [-0.2, 0) is 0 Å². The zero-order valence-corrected chi connectivity index (χ0v) is 30.6. The number of hydrogen-bond donors (Lipinski definition) is 0. The van der Waals surface area contributed by atoms with Gasteiger partial charge in [-0.15, -0.1) is 0 Å². The predicted octanol–water partition coefficient (Wildman–Crippen LogP) is 11.3. The molecule has 0 saturated heterocycles. The van der Waals surface area contributed by atoms with Crippen LogP contribution in [0.4, 0.5) is 0 Å². The molecular weight excluding hydrogens is 659 g/mol. The van der Waals surface area contributed by atoms with Gasteiger partial charge in [-0.2, -0.15) is 0 Å². The Morgan fingerprint density at radius 3 is 1.58 bits per heavy atom. The molecule has 0 radical (unpaired) electrons. The summed E-state index contributed by atoms with van der Waals surface area (Å²) in [4.78, 5) is 15.9. The van der Waals surface area contributed by atoms with Crippen molar-refractivity contribution in [2.45, 2.75) is 13.1 Å². The van der Waals surface area contributed by atoms with E-state index < -0.39 is 8.07 Å². The van der Waals surface area contributed by atoms with Crippen molar-refractivity contribution < 1.29 is 0 Å². The molecule has 0 unspecified atom stereocenters. The molecule has 1 aliphatic heterocycles. The van der Waals surface area contributed by atoms with Crippen LogP contribution in [-0.4, -0.2) is 23.0 Å². The zero-order valence-electron chi connectivity index (χ0n) is 29.6. The third-order valence-electron chi connectivity index (χ3n) is 10.9. The maximum Gasteiger partial charge on any atom is 0.164 e. The van der Waals surface area contributed by atoms with E-state index in [1.54, 1.807) is 0 Å². The van der Waals surface area contributed by atoms with E-state index in [4.69, 9.17) is 15.0 Å². The van der Waals surface area contributed by atoms with E-state index in [-0.39, 0.29) is 0 Å². The fourth-order valence-corrected chi connectivity index (χ4v) is 11.2. The normalized spacial score (nSPS) is 12.9. The molecular formula is C49H35N3Si. The lowest BCUT2D eigenvalue weighted by Crippen LogP contribution is -2.49. The molecule has 0 bridgehead atoms. The molecule has 0 saturated carbocycles. The summed E-state index contributed by atoms with van der Waals surface area (Å²) in [6.07, 6.45) is 0. The highest BCUT2D eigenvalue weighted by Gasteiger charge is 2.39. The summed E-state index contributed by atoms with van der Waals surface area (Å²) < 4.78 is 0. The Morgan fingerprint density at radius 2 is 0.849 bits per heavy atom. The summed E-state index contributed by atoms with van der Waals surface area (Å²) in [7, 11) is -2.00. The molecule has 9 aromatic rings. The molecule has 0 N–H and O–H groups in total. The molecule has 2 heterocycles. The first kappa shape index (κ1) is 31.3. The standard InChI is InChI=1S/C49H35N3Si/c1-53(2)44-23-13-22-42(46(44)43-30-34-18-9-10-19-35(34)31-45(43)53)49-51-47(50-48(52-49)41-21-12-11-20-40(41)33-16-7-4-8-17-33)39-27-26-37-28-36(24-25-38(37)29-39)32-14-5-3-6-15-32/h3-31H,1-2H3. The Bertz CT molecular complexity index is 2860. The Hall–Kier alpha value is -6.49. The van der Waals surface area contributed by atoms with Crippen LogP contribution >= 0.6 is 0 Å². The SMILES string of the molecule is C[Si]1(C)c2cc3ccccc3cc2-c2c(-c3nc(-c4ccc5cc(-c6ccccc6)ccc5c4)nc(-c4ccccc4-c4ccccc4)n3)cccc21. The summed E-state index contributed by atoms with van der Waals surface area (Å²) in [5.41, 5.74) is 10.2. The first-order valence-corrected chi connectivity index (χ1v) is 21.2. The number of aromatic nitrogens is 3. The second kappa shape index (κ2) is 12.3. The lowest BCUT2D eigenvalue weighted by atomic mass is 9.96. The van der Waals surface area contributed by atoms with Gasteiger partial charge in [0.05, 0.1) is 0 Å². The summed E-state index contributed by atoms with van der Waals surface area (Å²) in [6, 6.07) is 62.9. The lowest BCUT2D eigenvalue weighted by Gasteiger charge is -2.19. The largest absolute Gasteiger partial charge is 0.208 e. The zero-order chi connectivity index (χ0) is 35.5. The van der Waals surface area contributed by atoms with Gasteiger partial charge in [0.1, 0.15) is 8.07 Å². The van der Waals surface area contributed by atoms with Crippen LogP contribution < -0.4 is 10.4 Å². The molecule has 0 amide bonds. The minimum Gasteiger partial charge on any atom is -0.208 e. The van der Waals surface area contributed by atoms with E-state index in [0.717, 1.165) is 33.2 Å². The highest BCUT2D eigenvalue weighted by Crippen LogP contribution is 2.39. The summed E-state index contributed by atoms with van der Waals surface area (Å²) >= 11 is 0. The minimum absolute atomic E-state index is 0.660. The van der Waals surface area contributed by atoms with Crippen molar-refractivity contribution in [1.82, 2.24) is 15.0 Å². The molecule has 0 aliphatic carbocycles. The number of nitrogens with zero attached hydrogens (tertiary/aromatic N) is 3. The molecule has 3 nitrogen and oxygen atoms in total. The van der Waals surface area contributed by atoms with Gasteiger partial charge < -0.3 is 0 Å². The van der Waals surface area contributed by atoms with Gasteiger partial charge in [0.2, 0.25) is 0 Å². The van der Waals surface area contributed by atoms with Crippen LogP contribution in [0, 0.1) is 0 Å². The molecule has 250 valence electrons. The molecule has 8 aromatic carbocycles. The third kappa shape index (κ3) is 5.30. The molecule has 0 fully saturated rings. The molecule has 0 atom stereocenters. The maximum absolute atomic E-state index is 5.35. The average molecular weight is 694 g/mol. The van der Waals surface area contributed by atoms with Gasteiger partial charge in [-0.3, -0.25) is 0 Å². The van der Waals surface area contributed by atoms with E-state index in [1.165, 1.54) is 48.8 Å². The highest BCUT2D eigenvalue weighted by molar-refractivity contribution is 7.04.